The van der Waals surface area contributed by atoms with Crippen LogP contribution in [0.1, 0.15) is 17.3 Å². The van der Waals surface area contributed by atoms with Crippen LogP contribution < -0.4 is 9.54 Å². The Hall–Kier alpha value is -3.04. The second kappa shape index (κ2) is 8.77. The number of ether oxygens (including phenoxy) is 2. The van der Waals surface area contributed by atoms with Gasteiger partial charge in [-0.2, -0.15) is 4.99 Å². The van der Waals surface area contributed by atoms with E-state index in [-0.39, 0.29) is 5.69 Å². The third-order valence-electron chi connectivity index (χ3n) is 4.07. The molecule has 9 heteroatoms. The Kier molecular flexibility index (Phi) is 6.17. The zero-order valence-electron chi connectivity index (χ0n) is 15.5. The van der Waals surface area contributed by atoms with Crippen LogP contribution in [0.15, 0.2) is 47.5 Å². The summed E-state index contributed by atoms with van der Waals surface area (Å²) in [6, 6.07) is 11.3. The van der Waals surface area contributed by atoms with Crippen LogP contribution in [0.5, 0.6) is 5.75 Å². The van der Waals surface area contributed by atoms with Crippen molar-refractivity contribution in [2.75, 3.05) is 20.3 Å². The molecule has 0 bridgehead atoms. The molecule has 28 heavy (non-hydrogen) atoms. The summed E-state index contributed by atoms with van der Waals surface area (Å²) in [5.74, 6) is 0.256. The van der Waals surface area contributed by atoms with E-state index in [4.69, 9.17) is 9.47 Å². The SMILES string of the molecule is CCOCCn1c(=NC(=O)c2ccc(OC)cc2)sc2ccc([N+](=O)[O-])cc21. The molecule has 0 unspecified atom stereocenters. The maximum atomic E-state index is 12.6. The van der Waals surface area contributed by atoms with Crippen molar-refractivity contribution in [2.45, 2.75) is 13.5 Å². The molecule has 8 nitrogen and oxygen atoms in total. The maximum absolute atomic E-state index is 12.6. The number of rotatable bonds is 7. The van der Waals surface area contributed by atoms with Gasteiger partial charge >= 0.3 is 0 Å². The minimum Gasteiger partial charge on any atom is -0.497 e. The highest BCUT2D eigenvalue weighted by atomic mass is 32.1. The molecule has 0 fully saturated rings. The number of thiazole rings is 1. The van der Waals surface area contributed by atoms with Gasteiger partial charge in [0.1, 0.15) is 5.75 Å². The molecule has 146 valence electrons. The van der Waals surface area contributed by atoms with E-state index < -0.39 is 10.8 Å². The highest BCUT2D eigenvalue weighted by molar-refractivity contribution is 7.16. The van der Waals surface area contributed by atoms with Crippen LogP contribution in [-0.4, -0.2) is 35.7 Å². The van der Waals surface area contributed by atoms with Crippen molar-refractivity contribution in [3.05, 3.63) is 62.9 Å². The van der Waals surface area contributed by atoms with E-state index in [1.165, 1.54) is 23.5 Å². The van der Waals surface area contributed by atoms with Crippen molar-refractivity contribution in [3.63, 3.8) is 0 Å². The minimum absolute atomic E-state index is 0.0107. The largest absolute Gasteiger partial charge is 0.497 e. The fourth-order valence-electron chi connectivity index (χ4n) is 2.66. The number of nitrogens with zero attached hydrogens (tertiary/aromatic N) is 3. The Balaban J connectivity index is 2.06. The van der Waals surface area contributed by atoms with Gasteiger partial charge in [-0.25, -0.2) is 0 Å². The number of benzene rings is 2. The predicted octanol–water partition coefficient (Wildman–Crippen LogP) is 3.40. The molecular weight excluding hydrogens is 382 g/mol. The van der Waals surface area contributed by atoms with E-state index in [0.29, 0.717) is 41.4 Å². The standard InChI is InChI=1S/C19H19N3O5S/c1-3-27-11-10-21-16-12-14(22(24)25)6-9-17(16)28-19(21)20-18(23)13-4-7-15(26-2)8-5-13/h4-9,12H,3,10-11H2,1-2H3. The number of nitro benzene ring substituents is 1. The van der Waals surface area contributed by atoms with Crippen LogP contribution in [0.25, 0.3) is 10.2 Å². The Morgan fingerprint density at radius 3 is 2.64 bits per heavy atom. The molecule has 0 radical (unpaired) electrons. The number of carbonyl (C=O) groups excluding carboxylic acids is 1. The fourth-order valence-corrected chi connectivity index (χ4v) is 3.69. The highest BCUT2D eigenvalue weighted by Gasteiger charge is 2.13. The topological polar surface area (TPSA) is 96.0 Å². The lowest BCUT2D eigenvalue weighted by atomic mass is 10.2. The number of non-ortho nitro benzene ring substituents is 1. The fraction of sp³-hybridized carbons (Fsp3) is 0.263. The second-order valence-corrected chi connectivity index (χ2v) is 6.80. The van der Waals surface area contributed by atoms with Gasteiger partial charge in [0.05, 0.1) is 28.9 Å². The summed E-state index contributed by atoms with van der Waals surface area (Å²) in [6.45, 7) is 3.29. The van der Waals surface area contributed by atoms with Gasteiger partial charge in [0.2, 0.25) is 0 Å². The van der Waals surface area contributed by atoms with Gasteiger partial charge in [-0.05, 0) is 37.3 Å². The summed E-state index contributed by atoms with van der Waals surface area (Å²) in [7, 11) is 1.55. The average Bonchev–Trinajstić information content (AvgIpc) is 3.04. The van der Waals surface area contributed by atoms with Gasteiger partial charge in [-0.15, -0.1) is 0 Å². The lowest BCUT2D eigenvalue weighted by Gasteiger charge is -2.05. The second-order valence-electron chi connectivity index (χ2n) is 5.79. The van der Waals surface area contributed by atoms with Gasteiger partial charge in [-0.3, -0.25) is 14.9 Å². The quantitative estimate of drug-likeness (QED) is 0.343. The molecule has 1 heterocycles. The summed E-state index contributed by atoms with van der Waals surface area (Å²) in [5, 5.41) is 11.1. The monoisotopic (exact) mass is 401 g/mol. The first-order valence-electron chi connectivity index (χ1n) is 8.62. The van der Waals surface area contributed by atoms with Crippen LogP contribution in [0.3, 0.4) is 0 Å². The molecule has 0 atom stereocenters. The lowest BCUT2D eigenvalue weighted by molar-refractivity contribution is -0.384. The maximum Gasteiger partial charge on any atom is 0.279 e. The van der Waals surface area contributed by atoms with Crippen molar-refractivity contribution in [1.29, 1.82) is 0 Å². The average molecular weight is 401 g/mol. The summed E-state index contributed by atoms with van der Waals surface area (Å²) in [5.41, 5.74) is 1.07. The number of hydrogen-bond donors (Lipinski definition) is 0. The van der Waals surface area contributed by atoms with E-state index in [9.17, 15) is 14.9 Å². The molecule has 0 N–H and O–H groups in total. The molecule has 0 saturated heterocycles. The van der Waals surface area contributed by atoms with Crippen molar-refractivity contribution < 1.29 is 19.2 Å². The van der Waals surface area contributed by atoms with E-state index in [1.54, 1.807) is 42.0 Å². The van der Waals surface area contributed by atoms with Gasteiger partial charge in [-0.1, -0.05) is 11.3 Å². The molecule has 3 aromatic rings. The first-order chi connectivity index (χ1) is 13.5. The molecule has 1 aromatic heterocycles. The number of fused-ring (bicyclic) bond motifs is 1. The highest BCUT2D eigenvalue weighted by Crippen LogP contribution is 2.23. The molecule has 1 amide bonds. The molecule has 0 spiro atoms. The third kappa shape index (κ3) is 4.26. The van der Waals surface area contributed by atoms with E-state index in [0.717, 1.165) is 4.70 Å². The lowest BCUT2D eigenvalue weighted by Crippen LogP contribution is -2.19. The third-order valence-corrected chi connectivity index (χ3v) is 5.13. The van der Waals surface area contributed by atoms with Crippen molar-refractivity contribution in [2.24, 2.45) is 4.99 Å². The first-order valence-corrected chi connectivity index (χ1v) is 9.43. The van der Waals surface area contributed by atoms with Crippen molar-refractivity contribution in [1.82, 2.24) is 4.57 Å². The van der Waals surface area contributed by atoms with Gasteiger partial charge < -0.3 is 14.0 Å². The van der Waals surface area contributed by atoms with Crippen LogP contribution in [-0.2, 0) is 11.3 Å². The van der Waals surface area contributed by atoms with Crippen molar-refractivity contribution in [3.8, 4) is 5.75 Å². The normalized spacial score (nSPS) is 11.7. The zero-order valence-corrected chi connectivity index (χ0v) is 16.3. The molecule has 0 aliphatic carbocycles. The number of aromatic nitrogens is 1. The number of nitro groups is 1. The smallest absolute Gasteiger partial charge is 0.279 e. The molecule has 0 aliphatic rings. The number of amides is 1. The van der Waals surface area contributed by atoms with Crippen LogP contribution in [0.2, 0.25) is 0 Å². The van der Waals surface area contributed by atoms with E-state index >= 15 is 0 Å². The summed E-state index contributed by atoms with van der Waals surface area (Å²) < 4.78 is 13.1. The van der Waals surface area contributed by atoms with Gasteiger partial charge in [0.15, 0.2) is 4.80 Å². The molecule has 3 rings (SSSR count). The zero-order chi connectivity index (χ0) is 20.1. The van der Waals surface area contributed by atoms with Gasteiger partial charge in [0, 0.05) is 30.8 Å². The Labute approximate surface area is 164 Å². The predicted molar refractivity (Wildman–Crippen MR) is 106 cm³/mol. The first kappa shape index (κ1) is 19.7. The van der Waals surface area contributed by atoms with Crippen LogP contribution in [0, 0.1) is 10.1 Å². The number of methoxy groups -OCH3 is 1. The van der Waals surface area contributed by atoms with Gasteiger partial charge in [0.25, 0.3) is 11.6 Å². The Bertz CT molecular complexity index is 1070. The number of carbonyl (C=O) groups is 1. The minimum atomic E-state index is -0.441. The Morgan fingerprint density at radius 2 is 2.00 bits per heavy atom. The molecule has 0 saturated carbocycles. The summed E-state index contributed by atoms with van der Waals surface area (Å²) >= 11 is 1.31. The number of hydrogen-bond acceptors (Lipinski definition) is 6. The molecule has 0 aliphatic heterocycles. The van der Waals surface area contributed by atoms with E-state index in [2.05, 4.69) is 4.99 Å². The summed E-state index contributed by atoms with van der Waals surface area (Å²) in [6.07, 6.45) is 0. The molecule has 2 aromatic carbocycles. The van der Waals surface area contributed by atoms with Crippen LogP contribution >= 0.6 is 11.3 Å². The Morgan fingerprint density at radius 1 is 1.25 bits per heavy atom. The van der Waals surface area contributed by atoms with Crippen LogP contribution in [0.4, 0.5) is 5.69 Å². The van der Waals surface area contributed by atoms with E-state index in [1.807, 2.05) is 6.92 Å². The summed E-state index contributed by atoms with van der Waals surface area (Å²) in [4.78, 5) is 28.0. The molecular formula is C19H19N3O5S. The van der Waals surface area contributed by atoms with Crippen molar-refractivity contribution >= 4 is 33.1 Å².